The van der Waals surface area contributed by atoms with Crippen LogP contribution < -0.4 is 10.0 Å². The maximum absolute atomic E-state index is 12.8. The number of amides is 1. The summed E-state index contributed by atoms with van der Waals surface area (Å²) < 4.78 is 39.7. The first-order valence-corrected chi connectivity index (χ1v) is 7.63. The van der Waals surface area contributed by atoms with Crippen LogP contribution in [0.2, 0.25) is 0 Å². The van der Waals surface area contributed by atoms with Gasteiger partial charge in [0.2, 0.25) is 5.91 Å². The van der Waals surface area contributed by atoms with Gasteiger partial charge in [-0.1, -0.05) is 0 Å². The Morgan fingerprint density at radius 2 is 1.81 bits per heavy atom. The monoisotopic (exact) mass is 306 g/mol. The third-order valence-corrected chi connectivity index (χ3v) is 4.49. The molecule has 1 amide bonds. The lowest BCUT2D eigenvalue weighted by atomic mass is 10.2. The van der Waals surface area contributed by atoms with Gasteiger partial charge in [0.15, 0.2) is 0 Å². The molecule has 1 heterocycles. The maximum atomic E-state index is 12.8. The summed E-state index contributed by atoms with van der Waals surface area (Å²) in [6.45, 7) is 0. The van der Waals surface area contributed by atoms with E-state index in [0.717, 1.165) is 0 Å². The second kappa shape index (κ2) is 4.85. The lowest BCUT2D eigenvalue weighted by Crippen LogP contribution is -2.13. The summed E-state index contributed by atoms with van der Waals surface area (Å²) in [5, 5.41) is 2.64. The summed E-state index contributed by atoms with van der Waals surface area (Å²) in [5.74, 6) is -0.605. The molecule has 3 rings (SSSR count). The molecule has 0 aliphatic carbocycles. The van der Waals surface area contributed by atoms with Crippen LogP contribution in [-0.2, 0) is 21.2 Å². The van der Waals surface area contributed by atoms with E-state index in [1.807, 2.05) is 0 Å². The first kappa shape index (κ1) is 13.6. The van der Waals surface area contributed by atoms with Gasteiger partial charge < -0.3 is 5.32 Å². The summed E-state index contributed by atoms with van der Waals surface area (Å²) in [5.41, 5.74) is 1.54. The van der Waals surface area contributed by atoms with E-state index in [4.69, 9.17) is 0 Å². The summed E-state index contributed by atoms with van der Waals surface area (Å²) in [4.78, 5) is 11.3. The molecule has 5 nitrogen and oxygen atoms in total. The minimum absolute atomic E-state index is 0.0575. The fourth-order valence-corrected chi connectivity index (χ4v) is 3.21. The number of fused-ring (bicyclic) bond motifs is 1. The average molecular weight is 306 g/mol. The average Bonchev–Trinajstić information content (AvgIpc) is 2.80. The Hall–Kier alpha value is -2.41. The number of nitrogens with one attached hydrogen (secondary N) is 2. The molecule has 0 fully saturated rings. The number of benzene rings is 2. The van der Waals surface area contributed by atoms with Crippen LogP contribution in [0.5, 0.6) is 0 Å². The van der Waals surface area contributed by atoms with Gasteiger partial charge in [0, 0.05) is 11.4 Å². The normalized spacial score (nSPS) is 13.7. The molecule has 0 aromatic heterocycles. The Morgan fingerprint density at radius 3 is 2.52 bits per heavy atom. The summed E-state index contributed by atoms with van der Waals surface area (Å²) >= 11 is 0. The predicted octanol–water partition coefficient (Wildman–Crippen LogP) is 2.12. The number of carbonyl (C=O) groups excluding carboxylic acids is 1. The number of hydrogen-bond acceptors (Lipinski definition) is 3. The van der Waals surface area contributed by atoms with Gasteiger partial charge in [-0.3, -0.25) is 9.52 Å². The van der Waals surface area contributed by atoms with Crippen LogP contribution >= 0.6 is 0 Å². The first-order valence-electron chi connectivity index (χ1n) is 6.15. The molecule has 0 saturated heterocycles. The predicted molar refractivity (Wildman–Crippen MR) is 76.0 cm³/mol. The minimum atomic E-state index is -3.78. The molecule has 2 N–H and O–H groups in total. The molecule has 1 aliphatic heterocycles. The third kappa shape index (κ3) is 2.73. The summed E-state index contributed by atoms with van der Waals surface area (Å²) in [6.07, 6.45) is 0.162. The third-order valence-electron chi connectivity index (χ3n) is 3.11. The number of carbonyl (C=O) groups is 1. The molecule has 108 valence electrons. The highest BCUT2D eigenvalue weighted by molar-refractivity contribution is 7.92. The lowest BCUT2D eigenvalue weighted by Gasteiger charge is -2.09. The van der Waals surface area contributed by atoms with Crippen molar-refractivity contribution in [1.82, 2.24) is 0 Å². The van der Waals surface area contributed by atoms with Crippen molar-refractivity contribution < 1.29 is 17.6 Å². The van der Waals surface area contributed by atoms with Crippen LogP contribution in [0.1, 0.15) is 5.56 Å². The van der Waals surface area contributed by atoms with Gasteiger partial charge in [0.05, 0.1) is 11.3 Å². The molecule has 2 aromatic rings. The Morgan fingerprint density at radius 1 is 1.10 bits per heavy atom. The van der Waals surface area contributed by atoms with Gasteiger partial charge in [-0.25, -0.2) is 12.8 Å². The second-order valence-corrected chi connectivity index (χ2v) is 6.34. The second-order valence-electron chi connectivity index (χ2n) is 4.66. The Kier molecular flexibility index (Phi) is 3.13. The van der Waals surface area contributed by atoms with Crippen molar-refractivity contribution in [2.75, 3.05) is 10.0 Å². The zero-order chi connectivity index (χ0) is 15.0. The molecule has 0 atom stereocenters. The zero-order valence-electron chi connectivity index (χ0n) is 10.8. The van der Waals surface area contributed by atoms with E-state index in [1.165, 1.54) is 36.4 Å². The molecule has 7 heteroatoms. The molecule has 21 heavy (non-hydrogen) atoms. The van der Waals surface area contributed by atoms with Crippen molar-refractivity contribution in [3.8, 4) is 0 Å². The molecule has 0 spiro atoms. The highest BCUT2D eigenvalue weighted by atomic mass is 32.2. The van der Waals surface area contributed by atoms with Crippen LogP contribution in [-0.4, -0.2) is 14.3 Å². The van der Waals surface area contributed by atoms with Gasteiger partial charge in [-0.2, -0.15) is 0 Å². The fourth-order valence-electron chi connectivity index (χ4n) is 2.10. The maximum Gasteiger partial charge on any atom is 0.261 e. The van der Waals surface area contributed by atoms with Gasteiger partial charge in [0.25, 0.3) is 10.0 Å². The highest BCUT2D eigenvalue weighted by Crippen LogP contribution is 2.26. The Bertz CT molecular complexity index is 817. The van der Waals surface area contributed by atoms with E-state index in [0.29, 0.717) is 11.3 Å². The van der Waals surface area contributed by atoms with Crippen molar-refractivity contribution in [2.24, 2.45) is 0 Å². The molecular formula is C14H11FN2O3S. The van der Waals surface area contributed by atoms with Crippen LogP contribution in [0.4, 0.5) is 15.8 Å². The highest BCUT2D eigenvalue weighted by Gasteiger charge is 2.21. The summed E-state index contributed by atoms with van der Waals surface area (Å²) in [7, 11) is -3.78. The number of hydrogen-bond donors (Lipinski definition) is 2. The number of anilines is 2. The lowest BCUT2D eigenvalue weighted by molar-refractivity contribution is -0.115. The largest absolute Gasteiger partial charge is 0.326 e. The van der Waals surface area contributed by atoms with Crippen LogP contribution in [0.25, 0.3) is 0 Å². The van der Waals surface area contributed by atoms with E-state index in [-0.39, 0.29) is 22.9 Å². The Balaban J connectivity index is 1.90. The Labute approximate surface area is 120 Å². The topological polar surface area (TPSA) is 75.3 Å². The van der Waals surface area contributed by atoms with E-state index in [2.05, 4.69) is 10.0 Å². The minimum Gasteiger partial charge on any atom is -0.326 e. The van der Waals surface area contributed by atoms with E-state index in [1.54, 1.807) is 6.07 Å². The number of halogens is 1. The van der Waals surface area contributed by atoms with Crippen molar-refractivity contribution in [3.63, 3.8) is 0 Å². The van der Waals surface area contributed by atoms with Crippen molar-refractivity contribution in [3.05, 3.63) is 53.8 Å². The molecule has 0 unspecified atom stereocenters. The molecule has 0 saturated carbocycles. The van der Waals surface area contributed by atoms with Crippen molar-refractivity contribution >= 4 is 27.3 Å². The molecule has 0 radical (unpaired) electrons. The van der Waals surface area contributed by atoms with Gasteiger partial charge in [0.1, 0.15) is 5.82 Å². The van der Waals surface area contributed by atoms with Crippen LogP contribution in [0.15, 0.2) is 47.4 Å². The first-order chi connectivity index (χ1) is 9.94. The molecule has 0 bridgehead atoms. The smallest absolute Gasteiger partial charge is 0.261 e. The van der Waals surface area contributed by atoms with Crippen LogP contribution in [0, 0.1) is 5.82 Å². The fraction of sp³-hybridized carbons (Fsp3) is 0.0714. The van der Waals surface area contributed by atoms with Gasteiger partial charge in [-0.05, 0) is 48.0 Å². The molecular weight excluding hydrogens is 295 g/mol. The quantitative estimate of drug-likeness (QED) is 0.912. The van der Waals surface area contributed by atoms with Crippen molar-refractivity contribution in [2.45, 2.75) is 11.3 Å². The molecule has 2 aromatic carbocycles. The zero-order valence-corrected chi connectivity index (χ0v) is 11.6. The van der Waals surface area contributed by atoms with Crippen molar-refractivity contribution in [1.29, 1.82) is 0 Å². The molecule has 1 aliphatic rings. The standard InChI is InChI=1S/C14H11FN2O3S/c15-10-1-3-11(4-2-10)17-21(19,20)12-5-6-13-9(7-12)8-14(18)16-13/h1-7,17H,8H2,(H,16,18). The van der Waals surface area contributed by atoms with E-state index < -0.39 is 15.8 Å². The number of sulfonamides is 1. The van der Waals surface area contributed by atoms with E-state index in [9.17, 15) is 17.6 Å². The summed E-state index contributed by atoms with van der Waals surface area (Å²) in [6, 6.07) is 9.44. The SMILES string of the molecule is O=C1Cc2cc(S(=O)(=O)Nc3ccc(F)cc3)ccc2N1. The van der Waals surface area contributed by atoms with Gasteiger partial charge in [-0.15, -0.1) is 0 Å². The van der Waals surface area contributed by atoms with Crippen LogP contribution in [0.3, 0.4) is 0 Å². The van der Waals surface area contributed by atoms with Gasteiger partial charge >= 0.3 is 0 Å². The van der Waals surface area contributed by atoms with E-state index >= 15 is 0 Å². The number of rotatable bonds is 3.